The molecule has 0 spiro atoms. The molecule has 94 valence electrons. The molecule has 0 bridgehead atoms. The number of nitrogens with zero attached hydrogens (tertiary/aromatic N) is 2. The summed E-state index contributed by atoms with van der Waals surface area (Å²) in [4.78, 5) is 8.93. The van der Waals surface area contributed by atoms with E-state index in [4.69, 9.17) is 4.74 Å². The monoisotopic (exact) mass is 261 g/mol. The van der Waals surface area contributed by atoms with E-state index in [1.54, 1.807) is 17.5 Å². The number of hydrogen-bond donors (Lipinski definition) is 1. The summed E-state index contributed by atoms with van der Waals surface area (Å²) in [5.74, 6) is 0. The summed E-state index contributed by atoms with van der Waals surface area (Å²) >= 11 is 1.68. The largest absolute Gasteiger partial charge is 0.375 e. The number of pyridine rings is 1. The maximum absolute atomic E-state index is 5.69. The van der Waals surface area contributed by atoms with Gasteiger partial charge in [0.05, 0.1) is 29.1 Å². The van der Waals surface area contributed by atoms with E-state index in [1.165, 1.54) is 0 Å². The Morgan fingerprint density at radius 2 is 2.39 bits per heavy atom. The Hall–Kier alpha value is -1.30. The molecule has 1 saturated heterocycles. The van der Waals surface area contributed by atoms with Crippen LogP contribution in [0.5, 0.6) is 0 Å². The molecule has 1 N–H and O–H groups in total. The molecule has 2 aromatic rings. The maximum Gasteiger partial charge on any atom is 0.0998 e. The second kappa shape index (κ2) is 5.56. The normalized spacial score (nSPS) is 19.9. The summed E-state index contributed by atoms with van der Waals surface area (Å²) in [6.07, 6.45) is 2.93. The molecule has 0 saturated carbocycles. The lowest BCUT2D eigenvalue weighted by Crippen LogP contribution is -2.39. The van der Waals surface area contributed by atoms with Crippen molar-refractivity contribution in [1.29, 1.82) is 0 Å². The molecule has 5 heteroatoms. The Bertz CT molecular complexity index is 494. The van der Waals surface area contributed by atoms with E-state index in [9.17, 15) is 0 Å². The molecule has 0 aliphatic carbocycles. The van der Waals surface area contributed by atoms with Gasteiger partial charge in [0.1, 0.15) is 0 Å². The molecule has 18 heavy (non-hydrogen) atoms. The van der Waals surface area contributed by atoms with Crippen LogP contribution in [-0.4, -0.2) is 35.8 Å². The average molecular weight is 261 g/mol. The number of morpholine rings is 1. The summed E-state index contributed by atoms with van der Waals surface area (Å²) < 4.78 is 5.69. The second-order valence-electron chi connectivity index (χ2n) is 4.24. The van der Waals surface area contributed by atoms with Crippen molar-refractivity contribution in [3.63, 3.8) is 0 Å². The Morgan fingerprint density at radius 1 is 1.39 bits per heavy atom. The molecule has 2 aromatic heterocycles. The standard InChI is InChI=1S/C13H15N3OS/c1-2-4-15-11(3-1)12-9-18-13(16-12)7-10-8-14-5-6-17-10/h1-4,9-10,14H,5-8H2. The first kappa shape index (κ1) is 11.8. The van der Waals surface area contributed by atoms with Gasteiger partial charge in [-0.3, -0.25) is 4.98 Å². The molecule has 1 fully saturated rings. The molecule has 4 nitrogen and oxygen atoms in total. The van der Waals surface area contributed by atoms with E-state index < -0.39 is 0 Å². The van der Waals surface area contributed by atoms with Crippen LogP contribution < -0.4 is 5.32 Å². The Labute approximate surface area is 110 Å². The third-order valence-electron chi connectivity index (χ3n) is 2.89. The number of ether oxygens (including phenoxy) is 1. The molecule has 3 heterocycles. The zero-order valence-electron chi connectivity index (χ0n) is 10.0. The van der Waals surface area contributed by atoms with E-state index in [0.29, 0.717) is 0 Å². The molecule has 1 unspecified atom stereocenters. The van der Waals surface area contributed by atoms with Crippen LogP contribution in [0.2, 0.25) is 0 Å². The van der Waals surface area contributed by atoms with Crippen LogP contribution in [-0.2, 0) is 11.2 Å². The van der Waals surface area contributed by atoms with Crippen LogP contribution >= 0.6 is 11.3 Å². The summed E-state index contributed by atoms with van der Waals surface area (Å²) in [5.41, 5.74) is 1.89. The minimum atomic E-state index is 0.251. The summed E-state index contributed by atoms with van der Waals surface area (Å²) in [6, 6.07) is 5.88. The van der Waals surface area contributed by atoms with Gasteiger partial charge in [0.2, 0.25) is 0 Å². The van der Waals surface area contributed by atoms with Crippen molar-refractivity contribution in [3.05, 3.63) is 34.8 Å². The third-order valence-corrected chi connectivity index (χ3v) is 3.76. The van der Waals surface area contributed by atoms with Gasteiger partial charge < -0.3 is 10.1 Å². The molecule has 0 radical (unpaired) electrons. The highest BCUT2D eigenvalue weighted by Crippen LogP contribution is 2.21. The Balaban J connectivity index is 1.69. The van der Waals surface area contributed by atoms with E-state index in [-0.39, 0.29) is 6.10 Å². The molecule has 1 aliphatic rings. The first-order valence-electron chi connectivity index (χ1n) is 6.10. The lowest BCUT2D eigenvalue weighted by molar-refractivity contribution is 0.0292. The molecule has 0 amide bonds. The fraction of sp³-hybridized carbons (Fsp3) is 0.385. The number of nitrogens with one attached hydrogen (secondary N) is 1. The van der Waals surface area contributed by atoms with Crippen LogP contribution in [0.25, 0.3) is 11.4 Å². The van der Waals surface area contributed by atoms with Gasteiger partial charge in [0.15, 0.2) is 0 Å². The van der Waals surface area contributed by atoms with E-state index >= 15 is 0 Å². The van der Waals surface area contributed by atoms with Crippen LogP contribution in [0, 0.1) is 0 Å². The van der Waals surface area contributed by atoms with Gasteiger partial charge in [0, 0.05) is 31.1 Å². The van der Waals surface area contributed by atoms with Crippen molar-refractivity contribution >= 4 is 11.3 Å². The zero-order chi connectivity index (χ0) is 12.2. The van der Waals surface area contributed by atoms with Crippen LogP contribution in [0.3, 0.4) is 0 Å². The molecule has 1 atom stereocenters. The molecular formula is C13H15N3OS. The van der Waals surface area contributed by atoms with Crippen LogP contribution in [0.15, 0.2) is 29.8 Å². The van der Waals surface area contributed by atoms with Crippen molar-refractivity contribution in [1.82, 2.24) is 15.3 Å². The van der Waals surface area contributed by atoms with Gasteiger partial charge in [0.25, 0.3) is 0 Å². The van der Waals surface area contributed by atoms with Gasteiger partial charge in [-0.25, -0.2) is 4.98 Å². The fourth-order valence-corrected chi connectivity index (χ4v) is 2.84. The first-order chi connectivity index (χ1) is 8.92. The molecule has 1 aliphatic heterocycles. The predicted octanol–water partition coefficient (Wildman–Crippen LogP) is 1.74. The smallest absolute Gasteiger partial charge is 0.0998 e. The predicted molar refractivity (Wildman–Crippen MR) is 71.7 cm³/mol. The van der Waals surface area contributed by atoms with E-state index in [0.717, 1.165) is 42.5 Å². The highest BCUT2D eigenvalue weighted by Gasteiger charge is 2.16. The van der Waals surface area contributed by atoms with Crippen molar-refractivity contribution < 1.29 is 4.74 Å². The number of rotatable bonds is 3. The van der Waals surface area contributed by atoms with E-state index in [2.05, 4.69) is 20.7 Å². The van der Waals surface area contributed by atoms with Gasteiger partial charge in [-0.2, -0.15) is 0 Å². The van der Waals surface area contributed by atoms with Gasteiger partial charge in [-0.15, -0.1) is 11.3 Å². The number of aromatic nitrogens is 2. The fourth-order valence-electron chi connectivity index (χ4n) is 1.98. The lowest BCUT2D eigenvalue weighted by Gasteiger charge is -2.22. The van der Waals surface area contributed by atoms with Crippen molar-refractivity contribution in [2.24, 2.45) is 0 Å². The van der Waals surface area contributed by atoms with Crippen LogP contribution in [0.1, 0.15) is 5.01 Å². The number of thiazole rings is 1. The molecule has 3 rings (SSSR count). The van der Waals surface area contributed by atoms with Gasteiger partial charge in [-0.1, -0.05) is 6.07 Å². The highest BCUT2D eigenvalue weighted by molar-refractivity contribution is 7.09. The average Bonchev–Trinajstić information content (AvgIpc) is 2.89. The van der Waals surface area contributed by atoms with Gasteiger partial charge in [-0.05, 0) is 12.1 Å². The lowest BCUT2D eigenvalue weighted by atomic mass is 10.2. The third kappa shape index (κ3) is 2.75. The molecule has 0 aromatic carbocycles. The first-order valence-corrected chi connectivity index (χ1v) is 6.98. The van der Waals surface area contributed by atoms with Gasteiger partial charge >= 0.3 is 0 Å². The topological polar surface area (TPSA) is 47.0 Å². The zero-order valence-corrected chi connectivity index (χ0v) is 10.8. The summed E-state index contributed by atoms with van der Waals surface area (Å²) in [7, 11) is 0. The quantitative estimate of drug-likeness (QED) is 0.914. The second-order valence-corrected chi connectivity index (χ2v) is 5.19. The van der Waals surface area contributed by atoms with Crippen molar-refractivity contribution in [2.75, 3.05) is 19.7 Å². The summed E-state index contributed by atoms with van der Waals surface area (Å²) in [6.45, 7) is 2.66. The maximum atomic E-state index is 5.69. The Kier molecular flexibility index (Phi) is 3.64. The number of hydrogen-bond acceptors (Lipinski definition) is 5. The van der Waals surface area contributed by atoms with E-state index in [1.807, 2.05) is 18.2 Å². The van der Waals surface area contributed by atoms with Crippen molar-refractivity contribution in [2.45, 2.75) is 12.5 Å². The molecular weight excluding hydrogens is 246 g/mol. The SMILES string of the molecule is c1ccc(-c2csc(CC3CNCCO3)n2)nc1. The minimum absolute atomic E-state index is 0.251. The van der Waals surface area contributed by atoms with Crippen molar-refractivity contribution in [3.8, 4) is 11.4 Å². The van der Waals surface area contributed by atoms with Crippen LogP contribution in [0.4, 0.5) is 0 Å². The highest BCUT2D eigenvalue weighted by atomic mass is 32.1. The Morgan fingerprint density at radius 3 is 3.17 bits per heavy atom. The minimum Gasteiger partial charge on any atom is -0.375 e. The summed E-state index contributed by atoms with van der Waals surface area (Å²) in [5, 5.41) is 6.51.